The Bertz CT molecular complexity index is 849. The van der Waals surface area contributed by atoms with Crippen molar-refractivity contribution in [3.05, 3.63) is 28.8 Å². The fraction of sp³-hybridized carbons (Fsp3) is 0.545. The number of rotatable bonds is 2. The summed E-state index contributed by atoms with van der Waals surface area (Å²) in [7, 11) is -1.59. The Morgan fingerprint density at radius 3 is 2.17 bits per heavy atom. The van der Waals surface area contributed by atoms with Crippen molar-refractivity contribution in [2.24, 2.45) is 0 Å². The maximum Gasteiger partial charge on any atom is 0.410 e. The van der Waals surface area contributed by atoms with Gasteiger partial charge in [0.05, 0.1) is 5.56 Å². The van der Waals surface area contributed by atoms with Gasteiger partial charge in [0, 0.05) is 37.4 Å². The quantitative estimate of drug-likeness (QED) is 0.583. The molecule has 29 heavy (non-hydrogen) atoms. The van der Waals surface area contributed by atoms with Crippen molar-refractivity contribution in [1.82, 2.24) is 4.90 Å². The number of carbonyl (C=O) groups is 2. The summed E-state index contributed by atoms with van der Waals surface area (Å²) in [6.07, 6.45) is -0.310. The summed E-state index contributed by atoms with van der Waals surface area (Å²) in [4.78, 5) is 27.8. The fourth-order valence-electron chi connectivity index (χ4n) is 2.99. The molecule has 0 unspecified atom stereocenters. The number of anilines is 1. The van der Waals surface area contributed by atoms with Crippen LogP contribution in [-0.4, -0.2) is 61.9 Å². The van der Waals surface area contributed by atoms with E-state index in [4.69, 9.17) is 4.74 Å². The molecule has 158 valence electrons. The van der Waals surface area contributed by atoms with E-state index >= 15 is 0 Å². The monoisotopic (exact) mass is 416 g/mol. The number of carboxylic acid groups (broad SMARTS) is 1. The number of nitrogens with zero attached hydrogens (tertiary/aromatic N) is 2. The van der Waals surface area contributed by atoms with E-state index in [1.54, 1.807) is 17.0 Å². The molecule has 1 amide bonds. The highest BCUT2D eigenvalue weighted by Gasteiger charge is 2.27. The van der Waals surface area contributed by atoms with E-state index in [1.807, 2.05) is 27.7 Å². The fourth-order valence-corrected chi connectivity index (χ4v) is 3.50. The lowest BCUT2D eigenvalue weighted by molar-refractivity contribution is 0.0240. The SMILES string of the molecule is Cc1c(C#C[Si](C)(C)C)cc(C(=O)O)cc1N1CCN(C(=O)OC(C)(C)C)CC1. The van der Waals surface area contributed by atoms with Crippen LogP contribution < -0.4 is 4.90 Å². The molecule has 1 aliphatic heterocycles. The molecule has 1 aromatic rings. The Balaban J connectivity index is 2.26. The van der Waals surface area contributed by atoms with Crippen LogP contribution >= 0.6 is 0 Å². The molecule has 1 heterocycles. The van der Waals surface area contributed by atoms with Crippen LogP contribution in [0.2, 0.25) is 19.6 Å². The third kappa shape index (κ3) is 6.53. The van der Waals surface area contributed by atoms with Crippen molar-refractivity contribution in [2.75, 3.05) is 31.1 Å². The van der Waals surface area contributed by atoms with E-state index in [1.165, 1.54) is 0 Å². The highest BCUT2D eigenvalue weighted by atomic mass is 28.3. The summed E-state index contributed by atoms with van der Waals surface area (Å²) < 4.78 is 5.45. The molecule has 0 radical (unpaired) electrons. The predicted octanol–water partition coefficient (Wildman–Crippen LogP) is 3.98. The first-order chi connectivity index (χ1) is 13.3. The molecule has 0 spiro atoms. The minimum absolute atomic E-state index is 0.236. The van der Waals surface area contributed by atoms with Gasteiger partial charge in [-0.05, 0) is 45.4 Å². The van der Waals surface area contributed by atoms with Crippen molar-refractivity contribution in [2.45, 2.75) is 52.9 Å². The second-order valence-corrected chi connectivity index (χ2v) is 14.2. The van der Waals surface area contributed by atoms with Gasteiger partial charge in [0.2, 0.25) is 0 Å². The number of hydrogen-bond donors (Lipinski definition) is 1. The normalized spacial score (nSPS) is 14.9. The lowest BCUT2D eigenvalue weighted by atomic mass is 10.0. The summed E-state index contributed by atoms with van der Waals surface area (Å²) in [6.45, 7) is 16.3. The largest absolute Gasteiger partial charge is 0.478 e. The first-order valence-electron chi connectivity index (χ1n) is 9.91. The van der Waals surface area contributed by atoms with Crippen LogP contribution in [0, 0.1) is 18.4 Å². The maximum atomic E-state index is 12.3. The Morgan fingerprint density at radius 2 is 1.69 bits per heavy atom. The van der Waals surface area contributed by atoms with Gasteiger partial charge in [-0.2, -0.15) is 0 Å². The number of carbonyl (C=O) groups excluding carboxylic acids is 1. The molecule has 0 bridgehead atoms. The minimum Gasteiger partial charge on any atom is -0.478 e. The van der Waals surface area contributed by atoms with E-state index in [2.05, 4.69) is 36.0 Å². The third-order valence-electron chi connectivity index (χ3n) is 4.47. The Kier molecular flexibility index (Phi) is 6.69. The zero-order chi connectivity index (χ0) is 22.0. The van der Waals surface area contributed by atoms with Gasteiger partial charge in [-0.3, -0.25) is 0 Å². The molecule has 0 aromatic heterocycles. The highest BCUT2D eigenvalue weighted by Crippen LogP contribution is 2.27. The Hall–Kier alpha value is -2.46. The zero-order valence-corrected chi connectivity index (χ0v) is 19.5. The molecule has 1 aromatic carbocycles. The lowest BCUT2D eigenvalue weighted by Gasteiger charge is -2.37. The Morgan fingerprint density at radius 1 is 1.10 bits per heavy atom. The number of benzene rings is 1. The van der Waals surface area contributed by atoms with Gasteiger partial charge < -0.3 is 19.6 Å². The number of amides is 1. The maximum absolute atomic E-state index is 12.3. The summed E-state index contributed by atoms with van der Waals surface area (Å²) in [5.74, 6) is 2.25. The third-order valence-corrected chi connectivity index (χ3v) is 5.35. The van der Waals surface area contributed by atoms with Crippen LogP contribution in [0.15, 0.2) is 12.1 Å². The number of piperazine rings is 1. The van der Waals surface area contributed by atoms with Crippen molar-refractivity contribution in [3.63, 3.8) is 0 Å². The highest BCUT2D eigenvalue weighted by molar-refractivity contribution is 6.83. The molecule has 2 rings (SSSR count). The van der Waals surface area contributed by atoms with Crippen LogP contribution in [0.1, 0.15) is 42.3 Å². The molecule has 1 aliphatic rings. The van der Waals surface area contributed by atoms with Gasteiger partial charge in [0.15, 0.2) is 0 Å². The van der Waals surface area contributed by atoms with Crippen molar-refractivity contribution >= 4 is 25.8 Å². The van der Waals surface area contributed by atoms with Crippen molar-refractivity contribution in [3.8, 4) is 11.5 Å². The number of aromatic carboxylic acids is 1. The van der Waals surface area contributed by atoms with E-state index < -0.39 is 19.6 Å². The molecule has 0 atom stereocenters. The number of ether oxygens (including phenoxy) is 1. The van der Waals surface area contributed by atoms with Gasteiger partial charge in [-0.15, -0.1) is 5.54 Å². The van der Waals surface area contributed by atoms with Crippen LogP contribution in [0.25, 0.3) is 0 Å². The second-order valence-electron chi connectivity index (χ2n) is 9.43. The lowest BCUT2D eigenvalue weighted by Crippen LogP contribution is -2.50. The van der Waals surface area contributed by atoms with E-state index in [0.717, 1.165) is 16.8 Å². The van der Waals surface area contributed by atoms with Crippen LogP contribution in [-0.2, 0) is 4.74 Å². The average molecular weight is 417 g/mol. The molecule has 0 aliphatic carbocycles. The average Bonchev–Trinajstić information content (AvgIpc) is 2.58. The smallest absolute Gasteiger partial charge is 0.410 e. The van der Waals surface area contributed by atoms with E-state index in [9.17, 15) is 14.7 Å². The van der Waals surface area contributed by atoms with Crippen LogP contribution in [0.3, 0.4) is 0 Å². The molecular weight excluding hydrogens is 384 g/mol. The van der Waals surface area contributed by atoms with Crippen LogP contribution in [0.4, 0.5) is 10.5 Å². The summed E-state index contributed by atoms with van der Waals surface area (Å²) in [5.41, 5.74) is 5.65. The van der Waals surface area contributed by atoms with Crippen molar-refractivity contribution in [1.29, 1.82) is 0 Å². The summed E-state index contributed by atoms with van der Waals surface area (Å²) in [5, 5.41) is 9.55. The Labute approximate surface area is 174 Å². The standard InChI is InChI=1S/C22H32N2O4Si/c1-16-17(8-13-29(5,6)7)14-18(20(25)26)15-19(16)23-9-11-24(12-10-23)21(27)28-22(2,3)4/h14-15H,9-12H2,1-7H3,(H,25,26). The molecule has 1 fully saturated rings. The predicted molar refractivity (Wildman–Crippen MR) is 118 cm³/mol. The topological polar surface area (TPSA) is 70.1 Å². The van der Waals surface area contributed by atoms with Gasteiger partial charge in [-0.1, -0.05) is 25.6 Å². The molecule has 0 saturated carbocycles. The first kappa shape index (κ1) is 22.8. The van der Waals surface area contributed by atoms with Gasteiger partial charge in [0.1, 0.15) is 13.7 Å². The zero-order valence-electron chi connectivity index (χ0n) is 18.5. The summed E-state index contributed by atoms with van der Waals surface area (Å²) >= 11 is 0. The number of carboxylic acids is 1. The molecular formula is C22H32N2O4Si. The molecule has 1 saturated heterocycles. The second kappa shape index (κ2) is 8.50. The summed E-state index contributed by atoms with van der Waals surface area (Å²) in [6, 6.07) is 3.37. The van der Waals surface area contributed by atoms with Gasteiger partial charge in [-0.25, -0.2) is 9.59 Å². The number of hydrogen-bond acceptors (Lipinski definition) is 4. The first-order valence-corrected chi connectivity index (χ1v) is 13.4. The van der Waals surface area contributed by atoms with E-state index in [-0.39, 0.29) is 11.7 Å². The molecule has 7 heteroatoms. The molecule has 6 nitrogen and oxygen atoms in total. The van der Waals surface area contributed by atoms with Crippen molar-refractivity contribution < 1.29 is 19.4 Å². The van der Waals surface area contributed by atoms with Gasteiger partial charge in [0.25, 0.3) is 0 Å². The minimum atomic E-state index is -1.59. The molecule has 1 N–H and O–H groups in total. The van der Waals surface area contributed by atoms with Gasteiger partial charge >= 0.3 is 12.1 Å². The van der Waals surface area contributed by atoms with E-state index in [0.29, 0.717) is 26.2 Å². The van der Waals surface area contributed by atoms with Crippen LogP contribution in [0.5, 0.6) is 0 Å².